The van der Waals surface area contributed by atoms with Crippen molar-refractivity contribution in [2.24, 2.45) is 0 Å². The Labute approximate surface area is 134 Å². The molecule has 3 rings (SSSR count). The van der Waals surface area contributed by atoms with Crippen molar-refractivity contribution in [3.63, 3.8) is 0 Å². The van der Waals surface area contributed by atoms with Crippen LogP contribution in [0, 0.1) is 5.82 Å². The number of morpholine rings is 1. The molecule has 2 atom stereocenters. The molecule has 1 aliphatic rings. The summed E-state index contributed by atoms with van der Waals surface area (Å²) in [6.07, 6.45) is 2.18. The summed E-state index contributed by atoms with van der Waals surface area (Å²) in [6, 6.07) is 9.04. The van der Waals surface area contributed by atoms with Gasteiger partial charge in [-0.05, 0) is 36.8 Å². The lowest BCUT2D eigenvalue weighted by molar-refractivity contribution is -0.0557. The van der Waals surface area contributed by atoms with E-state index in [1.165, 1.54) is 34.9 Å². The van der Waals surface area contributed by atoms with Gasteiger partial charge in [0, 0.05) is 25.5 Å². The average molecular weight is 336 g/mol. The van der Waals surface area contributed by atoms with Gasteiger partial charge in [0.15, 0.2) is 0 Å². The molecule has 0 spiro atoms. The molecule has 1 aromatic heterocycles. The van der Waals surface area contributed by atoms with Crippen molar-refractivity contribution < 1.29 is 17.5 Å². The molecular weight excluding hydrogens is 319 g/mol. The fourth-order valence-corrected chi connectivity index (χ4v) is 4.10. The van der Waals surface area contributed by atoms with Gasteiger partial charge in [0.1, 0.15) is 10.7 Å². The number of nitrogens with zero attached hydrogens (tertiary/aromatic N) is 2. The van der Waals surface area contributed by atoms with Crippen molar-refractivity contribution in [1.82, 2.24) is 9.29 Å². The first-order valence-electron chi connectivity index (χ1n) is 7.28. The lowest BCUT2D eigenvalue weighted by Gasteiger charge is -2.36. The summed E-state index contributed by atoms with van der Waals surface area (Å²) in [5.74, 6) is -0.336. The van der Waals surface area contributed by atoms with Crippen LogP contribution in [0.25, 0.3) is 0 Å². The highest BCUT2D eigenvalue weighted by molar-refractivity contribution is 7.89. The maximum Gasteiger partial charge on any atom is 0.244 e. The smallest absolute Gasteiger partial charge is 0.244 e. The molecule has 122 valence electrons. The minimum absolute atomic E-state index is 0.159. The van der Waals surface area contributed by atoms with E-state index in [0.717, 1.165) is 5.56 Å². The molecule has 1 aromatic carbocycles. The number of hydrogen-bond donors (Lipinski definition) is 0. The highest BCUT2D eigenvalue weighted by Gasteiger charge is 2.34. The zero-order chi connectivity index (χ0) is 16.4. The predicted molar refractivity (Wildman–Crippen MR) is 82.7 cm³/mol. The second kappa shape index (κ2) is 6.35. The first kappa shape index (κ1) is 16.0. The third-order valence-corrected chi connectivity index (χ3v) is 5.56. The van der Waals surface area contributed by atoms with E-state index in [4.69, 9.17) is 4.74 Å². The Morgan fingerprint density at radius 3 is 2.61 bits per heavy atom. The van der Waals surface area contributed by atoms with Gasteiger partial charge >= 0.3 is 0 Å². The molecule has 0 unspecified atom stereocenters. The van der Waals surface area contributed by atoms with Gasteiger partial charge in [-0.3, -0.25) is 4.98 Å². The van der Waals surface area contributed by atoms with Crippen molar-refractivity contribution in [1.29, 1.82) is 0 Å². The fraction of sp³-hybridized carbons (Fsp3) is 0.312. The number of benzene rings is 1. The van der Waals surface area contributed by atoms with Crippen LogP contribution in [0.1, 0.15) is 18.6 Å². The van der Waals surface area contributed by atoms with Crippen molar-refractivity contribution in [3.8, 4) is 0 Å². The molecule has 7 heteroatoms. The summed E-state index contributed by atoms with van der Waals surface area (Å²) in [7, 11) is -3.63. The van der Waals surface area contributed by atoms with Crippen LogP contribution in [0.5, 0.6) is 0 Å². The highest BCUT2D eigenvalue weighted by atomic mass is 32.2. The summed E-state index contributed by atoms with van der Waals surface area (Å²) in [5, 5.41) is 0. The molecule has 0 radical (unpaired) electrons. The Hall–Kier alpha value is -1.83. The average Bonchev–Trinajstić information content (AvgIpc) is 2.56. The lowest BCUT2D eigenvalue weighted by atomic mass is 10.1. The second-order valence-electron chi connectivity index (χ2n) is 5.50. The van der Waals surface area contributed by atoms with E-state index in [1.807, 2.05) is 6.92 Å². The summed E-state index contributed by atoms with van der Waals surface area (Å²) in [5.41, 5.74) is 0.754. The molecule has 2 heterocycles. The third kappa shape index (κ3) is 3.41. The number of aromatic nitrogens is 1. The van der Waals surface area contributed by atoms with Gasteiger partial charge in [-0.1, -0.05) is 12.1 Å². The van der Waals surface area contributed by atoms with Crippen molar-refractivity contribution >= 4 is 10.0 Å². The Kier molecular flexibility index (Phi) is 4.43. The SMILES string of the molecule is C[C@H]1CN(S(=O)(=O)c2cccnc2)C[C@@H](c2ccc(F)cc2)O1. The maximum absolute atomic E-state index is 13.1. The summed E-state index contributed by atoms with van der Waals surface area (Å²) in [6.45, 7) is 2.28. The van der Waals surface area contributed by atoms with Crippen molar-refractivity contribution in [3.05, 3.63) is 60.2 Å². The Morgan fingerprint density at radius 2 is 1.96 bits per heavy atom. The summed E-state index contributed by atoms with van der Waals surface area (Å²) >= 11 is 0. The quantitative estimate of drug-likeness (QED) is 0.863. The van der Waals surface area contributed by atoms with Crippen LogP contribution in [-0.4, -0.2) is 36.9 Å². The molecule has 0 N–H and O–H groups in total. The zero-order valence-corrected chi connectivity index (χ0v) is 13.4. The molecule has 0 aliphatic carbocycles. The number of halogens is 1. The molecule has 1 aliphatic heterocycles. The van der Waals surface area contributed by atoms with Crippen LogP contribution in [0.15, 0.2) is 53.7 Å². The predicted octanol–water partition coefficient (Wildman–Crippen LogP) is 2.37. The first-order valence-corrected chi connectivity index (χ1v) is 8.72. The van der Waals surface area contributed by atoms with Gasteiger partial charge < -0.3 is 4.74 Å². The number of sulfonamides is 1. The van der Waals surface area contributed by atoms with E-state index in [1.54, 1.807) is 18.2 Å². The molecule has 1 saturated heterocycles. The van der Waals surface area contributed by atoms with Gasteiger partial charge in [0.25, 0.3) is 0 Å². The zero-order valence-electron chi connectivity index (χ0n) is 12.6. The number of hydrogen-bond acceptors (Lipinski definition) is 4. The lowest BCUT2D eigenvalue weighted by Crippen LogP contribution is -2.45. The van der Waals surface area contributed by atoms with E-state index < -0.39 is 16.1 Å². The largest absolute Gasteiger partial charge is 0.368 e. The Balaban J connectivity index is 1.87. The molecule has 2 aromatic rings. The van der Waals surface area contributed by atoms with Crippen molar-refractivity contribution in [2.45, 2.75) is 24.0 Å². The molecule has 1 fully saturated rings. The molecule has 0 saturated carbocycles. The third-order valence-electron chi connectivity index (χ3n) is 3.74. The second-order valence-corrected chi connectivity index (χ2v) is 7.44. The normalized spacial score (nSPS) is 22.9. The minimum atomic E-state index is -3.63. The van der Waals surface area contributed by atoms with E-state index in [0.29, 0.717) is 0 Å². The number of ether oxygens (including phenoxy) is 1. The van der Waals surface area contributed by atoms with E-state index in [9.17, 15) is 12.8 Å². The van der Waals surface area contributed by atoms with Crippen molar-refractivity contribution in [2.75, 3.05) is 13.1 Å². The van der Waals surface area contributed by atoms with Gasteiger partial charge in [0.2, 0.25) is 10.0 Å². The van der Waals surface area contributed by atoms with Crippen LogP contribution in [0.3, 0.4) is 0 Å². The number of rotatable bonds is 3. The minimum Gasteiger partial charge on any atom is -0.368 e. The Bertz CT molecular complexity index is 766. The Morgan fingerprint density at radius 1 is 1.22 bits per heavy atom. The first-order chi connectivity index (χ1) is 11.0. The van der Waals surface area contributed by atoms with Gasteiger partial charge in [-0.2, -0.15) is 4.31 Å². The van der Waals surface area contributed by atoms with E-state index in [-0.39, 0.29) is 29.9 Å². The molecule has 0 amide bonds. The van der Waals surface area contributed by atoms with Crippen LogP contribution >= 0.6 is 0 Å². The van der Waals surface area contributed by atoms with Crippen LogP contribution in [0.4, 0.5) is 4.39 Å². The monoisotopic (exact) mass is 336 g/mol. The molecule has 0 bridgehead atoms. The summed E-state index contributed by atoms with van der Waals surface area (Å²) < 4.78 is 45.8. The van der Waals surface area contributed by atoms with E-state index >= 15 is 0 Å². The standard InChI is InChI=1S/C16H17FN2O3S/c1-12-10-19(23(20,21)15-3-2-8-18-9-15)11-16(22-12)13-4-6-14(17)7-5-13/h2-9,12,16H,10-11H2,1H3/t12-,16-/m0/s1. The topological polar surface area (TPSA) is 59.5 Å². The fourth-order valence-electron chi connectivity index (χ4n) is 2.62. The molecule has 23 heavy (non-hydrogen) atoms. The highest BCUT2D eigenvalue weighted by Crippen LogP contribution is 2.28. The van der Waals surface area contributed by atoms with Crippen LogP contribution < -0.4 is 0 Å². The van der Waals surface area contributed by atoms with Gasteiger partial charge in [0.05, 0.1) is 12.2 Å². The summed E-state index contributed by atoms with van der Waals surface area (Å²) in [4.78, 5) is 4.03. The van der Waals surface area contributed by atoms with Crippen LogP contribution in [-0.2, 0) is 14.8 Å². The number of pyridine rings is 1. The molecular formula is C16H17FN2O3S. The van der Waals surface area contributed by atoms with Gasteiger partial charge in [-0.15, -0.1) is 0 Å². The maximum atomic E-state index is 13.1. The molecule has 5 nitrogen and oxygen atoms in total. The van der Waals surface area contributed by atoms with Gasteiger partial charge in [-0.25, -0.2) is 12.8 Å². The van der Waals surface area contributed by atoms with E-state index in [2.05, 4.69) is 4.98 Å². The van der Waals surface area contributed by atoms with Crippen LogP contribution in [0.2, 0.25) is 0 Å².